The predicted molar refractivity (Wildman–Crippen MR) is 66.2 cm³/mol. The Labute approximate surface area is 107 Å². The largest absolute Gasteiger partial charge is 0.479 e. The zero-order chi connectivity index (χ0) is 13.8. The molecule has 6 nitrogen and oxygen atoms in total. The highest BCUT2D eigenvalue weighted by molar-refractivity contribution is 5.79. The number of hydrogen-bond acceptors (Lipinski definition) is 3. The molecule has 0 radical (unpaired) electrons. The van der Waals surface area contributed by atoms with E-state index in [0.717, 1.165) is 19.3 Å². The number of urea groups is 1. The number of amides is 2. The molecule has 2 unspecified atom stereocenters. The van der Waals surface area contributed by atoms with Gasteiger partial charge in [0.25, 0.3) is 0 Å². The van der Waals surface area contributed by atoms with E-state index in [9.17, 15) is 14.7 Å². The molecule has 1 heterocycles. The molecule has 1 fully saturated rings. The van der Waals surface area contributed by atoms with Crippen molar-refractivity contribution in [1.29, 1.82) is 0 Å². The molecular formula is C12H22N2O4. The summed E-state index contributed by atoms with van der Waals surface area (Å²) in [4.78, 5) is 24.2. The van der Waals surface area contributed by atoms with Crippen molar-refractivity contribution in [3.8, 4) is 0 Å². The summed E-state index contributed by atoms with van der Waals surface area (Å²) in [6.07, 6.45) is 3.03. The van der Waals surface area contributed by atoms with E-state index in [4.69, 9.17) is 5.11 Å². The van der Waals surface area contributed by atoms with Crippen LogP contribution in [-0.2, 0) is 4.79 Å². The van der Waals surface area contributed by atoms with Crippen molar-refractivity contribution in [2.75, 3.05) is 19.6 Å². The number of carbonyl (C=O) groups is 2. The fraction of sp³-hybridized carbons (Fsp3) is 0.833. The summed E-state index contributed by atoms with van der Waals surface area (Å²) in [6.45, 7) is 4.41. The Balaban J connectivity index is 2.43. The Kier molecular flexibility index (Phi) is 4.95. The Morgan fingerprint density at radius 2 is 2.06 bits per heavy atom. The number of carboxylic acids is 1. The third-order valence-electron chi connectivity index (χ3n) is 3.35. The van der Waals surface area contributed by atoms with E-state index in [1.807, 2.05) is 0 Å². The van der Waals surface area contributed by atoms with E-state index >= 15 is 0 Å². The van der Waals surface area contributed by atoms with Crippen LogP contribution in [0.15, 0.2) is 0 Å². The second-order valence-corrected chi connectivity index (χ2v) is 5.26. The quantitative estimate of drug-likeness (QED) is 0.693. The lowest BCUT2D eigenvalue weighted by molar-refractivity contribution is -0.155. The lowest BCUT2D eigenvalue weighted by Crippen LogP contribution is -2.50. The minimum absolute atomic E-state index is 0.285. The first-order valence-electron chi connectivity index (χ1n) is 6.31. The lowest BCUT2D eigenvalue weighted by Gasteiger charge is -2.24. The Bertz CT molecular complexity index is 317. The van der Waals surface area contributed by atoms with Crippen LogP contribution in [0.2, 0.25) is 0 Å². The minimum atomic E-state index is -1.92. The van der Waals surface area contributed by atoms with Gasteiger partial charge >= 0.3 is 12.0 Å². The van der Waals surface area contributed by atoms with Crippen LogP contribution in [0, 0.1) is 5.92 Å². The zero-order valence-electron chi connectivity index (χ0n) is 11.0. The molecule has 0 aromatic rings. The summed E-state index contributed by atoms with van der Waals surface area (Å²) in [6, 6.07) is -0.300. The smallest absolute Gasteiger partial charge is 0.337 e. The summed E-state index contributed by atoms with van der Waals surface area (Å²) >= 11 is 0. The molecule has 0 saturated carbocycles. The fourth-order valence-corrected chi connectivity index (χ4v) is 1.90. The van der Waals surface area contributed by atoms with Gasteiger partial charge in [-0.15, -0.1) is 0 Å². The van der Waals surface area contributed by atoms with Gasteiger partial charge in [0.1, 0.15) is 0 Å². The molecule has 0 aromatic heterocycles. The average Bonchev–Trinajstić information content (AvgIpc) is 2.51. The number of nitrogens with zero attached hydrogens (tertiary/aromatic N) is 1. The molecule has 104 valence electrons. The monoisotopic (exact) mass is 258 g/mol. The molecule has 0 spiro atoms. The number of carboxylic acid groups (broad SMARTS) is 1. The third-order valence-corrected chi connectivity index (χ3v) is 3.35. The van der Waals surface area contributed by atoms with E-state index in [-0.39, 0.29) is 12.6 Å². The Morgan fingerprint density at radius 3 is 2.67 bits per heavy atom. The summed E-state index contributed by atoms with van der Waals surface area (Å²) in [5.41, 5.74) is -1.92. The van der Waals surface area contributed by atoms with Gasteiger partial charge in [0.05, 0.1) is 6.54 Å². The van der Waals surface area contributed by atoms with Gasteiger partial charge in [0, 0.05) is 13.1 Å². The van der Waals surface area contributed by atoms with Crippen LogP contribution in [0.1, 0.15) is 33.1 Å². The number of carbonyl (C=O) groups excluding carboxylic acids is 1. The van der Waals surface area contributed by atoms with Crippen molar-refractivity contribution in [2.24, 2.45) is 5.92 Å². The first-order chi connectivity index (χ1) is 8.33. The van der Waals surface area contributed by atoms with Crippen LogP contribution >= 0.6 is 0 Å². The van der Waals surface area contributed by atoms with Gasteiger partial charge in [-0.05, 0) is 32.1 Å². The minimum Gasteiger partial charge on any atom is -0.479 e. The number of nitrogens with one attached hydrogen (secondary N) is 1. The highest BCUT2D eigenvalue weighted by Gasteiger charge is 2.31. The maximum atomic E-state index is 11.8. The number of hydrogen-bond donors (Lipinski definition) is 3. The SMILES string of the molecule is CC1CCCN(C(=O)NCC(C)(O)C(=O)O)CC1. The van der Waals surface area contributed by atoms with Crippen molar-refractivity contribution in [3.63, 3.8) is 0 Å². The van der Waals surface area contributed by atoms with Gasteiger partial charge in [-0.3, -0.25) is 0 Å². The van der Waals surface area contributed by atoms with Crippen LogP contribution in [0.25, 0.3) is 0 Å². The van der Waals surface area contributed by atoms with E-state index in [0.29, 0.717) is 19.0 Å². The lowest BCUT2D eigenvalue weighted by atomic mass is 10.0. The van der Waals surface area contributed by atoms with Gasteiger partial charge in [-0.25, -0.2) is 9.59 Å². The maximum Gasteiger partial charge on any atom is 0.337 e. The van der Waals surface area contributed by atoms with E-state index in [2.05, 4.69) is 12.2 Å². The number of aliphatic carboxylic acids is 1. The predicted octanol–water partition coefficient (Wildman–Crippen LogP) is 0.654. The maximum absolute atomic E-state index is 11.8. The third kappa shape index (κ3) is 4.18. The standard InChI is InChI=1S/C12H22N2O4/c1-9-4-3-6-14(7-5-9)11(17)13-8-12(2,18)10(15)16/h9,18H,3-8H2,1-2H3,(H,13,17)(H,15,16). The normalized spacial score (nSPS) is 23.9. The molecule has 6 heteroatoms. The second-order valence-electron chi connectivity index (χ2n) is 5.26. The van der Waals surface area contributed by atoms with Crippen LogP contribution in [0.4, 0.5) is 4.79 Å². The fourth-order valence-electron chi connectivity index (χ4n) is 1.90. The summed E-state index contributed by atoms with van der Waals surface area (Å²) in [7, 11) is 0. The van der Waals surface area contributed by atoms with Crippen molar-refractivity contribution in [3.05, 3.63) is 0 Å². The summed E-state index contributed by atoms with van der Waals surface area (Å²) in [5, 5.41) is 20.7. The summed E-state index contributed by atoms with van der Waals surface area (Å²) < 4.78 is 0. The molecule has 1 rings (SSSR count). The van der Waals surface area contributed by atoms with Gasteiger partial charge in [-0.2, -0.15) is 0 Å². The van der Waals surface area contributed by atoms with Crippen molar-refractivity contribution in [2.45, 2.75) is 38.7 Å². The molecule has 0 aromatic carbocycles. The number of likely N-dealkylation sites (tertiary alicyclic amines) is 1. The molecule has 1 saturated heterocycles. The summed E-state index contributed by atoms with van der Waals surface area (Å²) in [5.74, 6) is -0.725. The molecule has 1 aliphatic heterocycles. The van der Waals surface area contributed by atoms with Crippen molar-refractivity contribution < 1.29 is 19.8 Å². The first kappa shape index (κ1) is 14.8. The van der Waals surface area contributed by atoms with Crippen LogP contribution in [0.5, 0.6) is 0 Å². The molecule has 2 atom stereocenters. The molecular weight excluding hydrogens is 236 g/mol. The van der Waals surface area contributed by atoms with E-state index in [1.165, 1.54) is 6.92 Å². The Hall–Kier alpha value is -1.30. The topological polar surface area (TPSA) is 89.9 Å². The molecule has 1 aliphatic rings. The van der Waals surface area contributed by atoms with Crippen LogP contribution < -0.4 is 5.32 Å². The van der Waals surface area contributed by atoms with Crippen LogP contribution in [-0.4, -0.2) is 52.3 Å². The average molecular weight is 258 g/mol. The first-order valence-corrected chi connectivity index (χ1v) is 6.31. The van der Waals surface area contributed by atoms with E-state index in [1.54, 1.807) is 4.90 Å². The number of rotatable bonds is 3. The molecule has 0 aliphatic carbocycles. The second kappa shape index (κ2) is 6.04. The van der Waals surface area contributed by atoms with Gasteiger partial charge in [0.15, 0.2) is 5.60 Å². The highest BCUT2D eigenvalue weighted by Crippen LogP contribution is 2.16. The molecule has 18 heavy (non-hydrogen) atoms. The highest BCUT2D eigenvalue weighted by atomic mass is 16.4. The number of aliphatic hydroxyl groups is 1. The van der Waals surface area contributed by atoms with Crippen molar-refractivity contribution >= 4 is 12.0 Å². The molecule has 0 bridgehead atoms. The zero-order valence-corrected chi connectivity index (χ0v) is 11.0. The molecule has 2 amide bonds. The van der Waals surface area contributed by atoms with E-state index < -0.39 is 11.6 Å². The molecule has 3 N–H and O–H groups in total. The van der Waals surface area contributed by atoms with Gasteiger partial charge in [0.2, 0.25) is 0 Å². The van der Waals surface area contributed by atoms with Gasteiger partial charge < -0.3 is 20.4 Å². The Morgan fingerprint density at radius 1 is 1.39 bits per heavy atom. The van der Waals surface area contributed by atoms with Gasteiger partial charge in [-0.1, -0.05) is 6.92 Å². The van der Waals surface area contributed by atoms with Crippen molar-refractivity contribution in [1.82, 2.24) is 10.2 Å². The van der Waals surface area contributed by atoms with Crippen LogP contribution in [0.3, 0.4) is 0 Å².